The van der Waals surface area contributed by atoms with E-state index in [4.69, 9.17) is 0 Å². The van der Waals surface area contributed by atoms with E-state index in [2.05, 4.69) is 39.7 Å². The van der Waals surface area contributed by atoms with Crippen molar-refractivity contribution in [2.45, 2.75) is 26.2 Å². The molecule has 0 unspecified atom stereocenters. The van der Waals surface area contributed by atoms with Crippen LogP contribution in [0.1, 0.15) is 25.3 Å². The average molecular weight is 334 g/mol. The van der Waals surface area contributed by atoms with Gasteiger partial charge >= 0.3 is 0 Å². The molecule has 128 valence electrons. The van der Waals surface area contributed by atoms with Gasteiger partial charge in [-0.05, 0) is 42.7 Å². The van der Waals surface area contributed by atoms with E-state index in [1.807, 2.05) is 36.4 Å². The first-order valence-electron chi connectivity index (χ1n) is 8.58. The molecule has 1 amide bonds. The van der Waals surface area contributed by atoms with Gasteiger partial charge < -0.3 is 10.6 Å². The standard InChI is InChI=1S/C20H22N4O/c1-2-3-6-15-9-11-16(12-10-15)24-19(25)13-21-20-17-7-4-5-8-18(17)22-14-23-20/h4-5,7-12,14H,2-3,6,13H2,1H3,(H,24,25)(H,21,22,23). The monoisotopic (exact) mass is 334 g/mol. The Morgan fingerprint density at radius 2 is 1.84 bits per heavy atom. The number of hydrogen-bond donors (Lipinski definition) is 2. The number of benzene rings is 2. The Hall–Kier alpha value is -2.95. The molecular formula is C20H22N4O. The number of aryl methyl sites for hydroxylation is 1. The number of aromatic nitrogens is 2. The van der Waals surface area contributed by atoms with Crippen molar-refractivity contribution in [2.75, 3.05) is 17.2 Å². The second kappa shape index (κ2) is 8.24. The van der Waals surface area contributed by atoms with Crippen molar-refractivity contribution in [1.29, 1.82) is 0 Å². The van der Waals surface area contributed by atoms with Gasteiger partial charge in [-0.25, -0.2) is 9.97 Å². The molecule has 0 aliphatic carbocycles. The van der Waals surface area contributed by atoms with E-state index in [-0.39, 0.29) is 12.5 Å². The van der Waals surface area contributed by atoms with E-state index in [1.165, 1.54) is 24.7 Å². The Morgan fingerprint density at radius 1 is 1.04 bits per heavy atom. The van der Waals surface area contributed by atoms with Gasteiger partial charge in [0.05, 0.1) is 12.1 Å². The van der Waals surface area contributed by atoms with Gasteiger partial charge in [-0.1, -0.05) is 37.6 Å². The minimum Gasteiger partial charge on any atom is -0.360 e. The van der Waals surface area contributed by atoms with Crippen LogP contribution >= 0.6 is 0 Å². The molecule has 25 heavy (non-hydrogen) atoms. The van der Waals surface area contributed by atoms with E-state index >= 15 is 0 Å². The highest BCUT2D eigenvalue weighted by molar-refractivity contribution is 5.95. The van der Waals surface area contributed by atoms with Crippen LogP contribution in [0.2, 0.25) is 0 Å². The summed E-state index contributed by atoms with van der Waals surface area (Å²) in [5, 5.41) is 6.88. The van der Waals surface area contributed by atoms with Gasteiger partial charge in [0.15, 0.2) is 0 Å². The van der Waals surface area contributed by atoms with Crippen molar-refractivity contribution in [2.24, 2.45) is 0 Å². The van der Waals surface area contributed by atoms with Crippen LogP contribution in [0, 0.1) is 0 Å². The molecule has 0 saturated carbocycles. The van der Waals surface area contributed by atoms with Gasteiger partial charge in [0.2, 0.25) is 5.91 Å². The molecule has 2 aromatic carbocycles. The fraction of sp³-hybridized carbons (Fsp3) is 0.250. The quantitative estimate of drug-likeness (QED) is 0.685. The summed E-state index contributed by atoms with van der Waals surface area (Å²) in [7, 11) is 0. The van der Waals surface area contributed by atoms with Crippen LogP contribution in [-0.2, 0) is 11.2 Å². The van der Waals surface area contributed by atoms with Gasteiger partial charge in [-0.15, -0.1) is 0 Å². The van der Waals surface area contributed by atoms with Gasteiger partial charge in [-0.3, -0.25) is 4.79 Å². The molecular weight excluding hydrogens is 312 g/mol. The Bertz CT molecular complexity index is 840. The number of nitrogens with one attached hydrogen (secondary N) is 2. The number of carbonyl (C=O) groups is 1. The van der Waals surface area contributed by atoms with Crippen LogP contribution in [0.15, 0.2) is 54.9 Å². The number of rotatable bonds is 7. The topological polar surface area (TPSA) is 66.9 Å². The fourth-order valence-electron chi connectivity index (χ4n) is 2.65. The smallest absolute Gasteiger partial charge is 0.243 e. The summed E-state index contributed by atoms with van der Waals surface area (Å²) in [6.45, 7) is 2.33. The Labute approximate surface area is 147 Å². The normalized spacial score (nSPS) is 10.6. The summed E-state index contributed by atoms with van der Waals surface area (Å²) >= 11 is 0. The summed E-state index contributed by atoms with van der Waals surface area (Å²) < 4.78 is 0. The third-order valence-electron chi connectivity index (χ3n) is 4.02. The average Bonchev–Trinajstić information content (AvgIpc) is 2.66. The van der Waals surface area contributed by atoms with Gasteiger partial charge in [0.25, 0.3) is 0 Å². The van der Waals surface area contributed by atoms with Crippen LogP contribution in [-0.4, -0.2) is 22.4 Å². The lowest BCUT2D eigenvalue weighted by Gasteiger charge is -2.09. The molecule has 5 nitrogen and oxygen atoms in total. The number of unbranched alkanes of at least 4 members (excludes halogenated alkanes) is 1. The molecule has 2 N–H and O–H groups in total. The molecule has 5 heteroatoms. The Morgan fingerprint density at radius 3 is 2.64 bits per heavy atom. The lowest BCUT2D eigenvalue weighted by atomic mass is 10.1. The van der Waals surface area contributed by atoms with Crippen molar-refractivity contribution >= 4 is 28.3 Å². The van der Waals surface area contributed by atoms with Crippen LogP contribution in [0.3, 0.4) is 0 Å². The lowest BCUT2D eigenvalue weighted by molar-refractivity contribution is -0.114. The van der Waals surface area contributed by atoms with Gasteiger partial charge in [-0.2, -0.15) is 0 Å². The highest BCUT2D eigenvalue weighted by Gasteiger charge is 2.06. The lowest BCUT2D eigenvalue weighted by Crippen LogP contribution is -2.22. The van der Waals surface area contributed by atoms with Crippen molar-refractivity contribution < 1.29 is 4.79 Å². The highest BCUT2D eigenvalue weighted by Crippen LogP contribution is 2.18. The van der Waals surface area contributed by atoms with E-state index in [0.29, 0.717) is 5.82 Å². The molecule has 0 fully saturated rings. The molecule has 0 spiro atoms. The van der Waals surface area contributed by atoms with Gasteiger partial charge in [0, 0.05) is 11.1 Å². The van der Waals surface area contributed by atoms with Crippen molar-refractivity contribution in [3.8, 4) is 0 Å². The largest absolute Gasteiger partial charge is 0.360 e. The molecule has 0 aliphatic rings. The maximum Gasteiger partial charge on any atom is 0.243 e. The second-order valence-corrected chi connectivity index (χ2v) is 5.94. The van der Waals surface area contributed by atoms with Crippen molar-refractivity contribution in [3.05, 3.63) is 60.4 Å². The first kappa shape index (κ1) is 16.9. The van der Waals surface area contributed by atoms with E-state index in [0.717, 1.165) is 23.0 Å². The van der Waals surface area contributed by atoms with E-state index in [1.54, 1.807) is 0 Å². The van der Waals surface area contributed by atoms with Crippen LogP contribution in [0.25, 0.3) is 10.9 Å². The van der Waals surface area contributed by atoms with Crippen molar-refractivity contribution in [1.82, 2.24) is 9.97 Å². The van der Waals surface area contributed by atoms with Crippen LogP contribution in [0.4, 0.5) is 11.5 Å². The first-order chi connectivity index (χ1) is 12.3. The second-order valence-electron chi connectivity index (χ2n) is 5.94. The van der Waals surface area contributed by atoms with E-state index in [9.17, 15) is 4.79 Å². The summed E-state index contributed by atoms with van der Waals surface area (Å²) in [6, 6.07) is 15.7. The Kier molecular flexibility index (Phi) is 5.57. The maximum absolute atomic E-state index is 12.2. The summed E-state index contributed by atoms with van der Waals surface area (Å²) in [5.74, 6) is 0.555. The predicted molar refractivity (Wildman–Crippen MR) is 102 cm³/mol. The molecule has 0 radical (unpaired) electrons. The minimum atomic E-state index is -0.107. The number of para-hydroxylation sites is 1. The zero-order chi connectivity index (χ0) is 17.5. The third-order valence-corrected chi connectivity index (χ3v) is 4.02. The fourth-order valence-corrected chi connectivity index (χ4v) is 2.65. The minimum absolute atomic E-state index is 0.107. The molecule has 0 bridgehead atoms. The molecule has 0 aliphatic heterocycles. The third kappa shape index (κ3) is 4.53. The summed E-state index contributed by atoms with van der Waals surface area (Å²) in [5.41, 5.74) is 2.95. The highest BCUT2D eigenvalue weighted by atomic mass is 16.1. The van der Waals surface area contributed by atoms with E-state index < -0.39 is 0 Å². The zero-order valence-corrected chi connectivity index (χ0v) is 14.3. The Balaban J connectivity index is 1.57. The zero-order valence-electron chi connectivity index (χ0n) is 14.3. The molecule has 0 atom stereocenters. The van der Waals surface area contributed by atoms with Crippen LogP contribution < -0.4 is 10.6 Å². The molecule has 1 aromatic heterocycles. The number of anilines is 2. The number of nitrogens with zero attached hydrogens (tertiary/aromatic N) is 2. The summed E-state index contributed by atoms with van der Waals surface area (Å²) in [6.07, 6.45) is 4.94. The summed E-state index contributed by atoms with van der Waals surface area (Å²) in [4.78, 5) is 20.6. The van der Waals surface area contributed by atoms with Crippen LogP contribution in [0.5, 0.6) is 0 Å². The SMILES string of the molecule is CCCCc1ccc(NC(=O)CNc2ncnc3ccccc23)cc1. The van der Waals surface area contributed by atoms with Crippen molar-refractivity contribution in [3.63, 3.8) is 0 Å². The van der Waals surface area contributed by atoms with Gasteiger partial charge in [0.1, 0.15) is 12.1 Å². The predicted octanol–water partition coefficient (Wildman–Crippen LogP) is 4.02. The number of fused-ring (bicyclic) bond motifs is 1. The molecule has 0 saturated heterocycles. The number of carbonyl (C=O) groups excluding carboxylic acids is 1. The number of amides is 1. The molecule has 3 aromatic rings. The molecule has 3 rings (SSSR count). The first-order valence-corrected chi connectivity index (χ1v) is 8.58. The number of hydrogen-bond acceptors (Lipinski definition) is 4. The maximum atomic E-state index is 12.2. The molecule has 1 heterocycles.